The molecule has 1 saturated heterocycles. The molecule has 0 bridgehead atoms. The van der Waals surface area contributed by atoms with Gasteiger partial charge in [-0.2, -0.15) is 0 Å². The van der Waals surface area contributed by atoms with E-state index in [0.717, 1.165) is 11.1 Å². The molecule has 3 aromatic carbocycles. The Kier molecular flexibility index (Phi) is 12.2. The Morgan fingerprint density at radius 2 is 1.45 bits per heavy atom. The van der Waals surface area contributed by atoms with Crippen molar-refractivity contribution >= 4 is 5.97 Å². The Morgan fingerprint density at radius 1 is 0.909 bits per heavy atom. The third-order valence-corrected chi connectivity index (χ3v) is 7.23. The lowest BCUT2D eigenvalue weighted by atomic mass is 9.81. The third kappa shape index (κ3) is 9.30. The van der Waals surface area contributed by atoms with Gasteiger partial charge in [-0.05, 0) is 49.6 Å². The molecule has 4 rings (SSSR count). The fourth-order valence-corrected chi connectivity index (χ4v) is 4.89. The van der Waals surface area contributed by atoms with Gasteiger partial charge < -0.3 is 38.3 Å². The number of carbonyl (C=O) groups is 1. The second-order valence-electron chi connectivity index (χ2n) is 11.1. The molecule has 3 aromatic rings. The van der Waals surface area contributed by atoms with Crippen LogP contribution in [0.3, 0.4) is 0 Å². The van der Waals surface area contributed by atoms with Crippen LogP contribution in [0.25, 0.3) is 0 Å². The van der Waals surface area contributed by atoms with E-state index in [1.54, 1.807) is 51.1 Å². The van der Waals surface area contributed by atoms with Crippen LogP contribution in [0, 0.1) is 0 Å². The summed E-state index contributed by atoms with van der Waals surface area (Å²) in [5.74, 6) is -1.61. The van der Waals surface area contributed by atoms with E-state index in [0.29, 0.717) is 18.8 Å². The van der Waals surface area contributed by atoms with Crippen molar-refractivity contribution in [2.45, 2.75) is 63.7 Å². The largest absolute Gasteiger partial charge is 0.452 e. The van der Waals surface area contributed by atoms with Gasteiger partial charge in [-0.1, -0.05) is 85.4 Å². The maximum atomic E-state index is 13.3. The zero-order valence-corrected chi connectivity index (χ0v) is 25.6. The van der Waals surface area contributed by atoms with E-state index in [1.807, 2.05) is 60.7 Å². The molecule has 9 heteroatoms. The van der Waals surface area contributed by atoms with Gasteiger partial charge in [0.15, 0.2) is 17.5 Å². The zero-order valence-electron chi connectivity index (χ0n) is 25.6. The molecule has 0 radical (unpaired) electrons. The fourth-order valence-electron chi connectivity index (χ4n) is 4.89. The summed E-state index contributed by atoms with van der Waals surface area (Å²) in [6, 6.07) is 27.9. The van der Waals surface area contributed by atoms with Crippen molar-refractivity contribution in [3.63, 3.8) is 0 Å². The molecule has 0 spiro atoms. The average molecular weight is 607 g/mol. The standard InChI is InChI=1S/C35H42O9/c1-26(2)35(37,32(30-22-42-34(3,4)44-30)43-33(36)29-18-12-7-13-19-29)31(41-25-39-21-28-16-10-6-11-17-28)23-40-24-38-20-27-14-8-5-9-15-27/h5-19,30-32,37H,1,20-25H2,2-4H3/t30-,31-,32-,35-/m1/s1. The molecule has 236 valence electrons. The summed E-state index contributed by atoms with van der Waals surface area (Å²) in [4.78, 5) is 13.3. The second-order valence-corrected chi connectivity index (χ2v) is 11.1. The number of hydrogen-bond donors (Lipinski definition) is 1. The van der Waals surface area contributed by atoms with Gasteiger partial charge in [0.25, 0.3) is 0 Å². The van der Waals surface area contributed by atoms with Gasteiger partial charge in [-0.25, -0.2) is 4.79 Å². The van der Waals surface area contributed by atoms with Crippen molar-refractivity contribution in [3.8, 4) is 0 Å². The molecule has 0 aliphatic carbocycles. The normalized spacial score (nSPS) is 18.7. The highest BCUT2D eigenvalue weighted by molar-refractivity contribution is 5.89. The maximum Gasteiger partial charge on any atom is 0.338 e. The van der Waals surface area contributed by atoms with Gasteiger partial charge in [-0.3, -0.25) is 0 Å². The van der Waals surface area contributed by atoms with E-state index >= 15 is 0 Å². The summed E-state index contributed by atoms with van der Waals surface area (Å²) < 4.78 is 41.4. The number of aliphatic hydroxyl groups is 1. The number of hydrogen-bond acceptors (Lipinski definition) is 9. The molecule has 0 unspecified atom stereocenters. The summed E-state index contributed by atoms with van der Waals surface area (Å²) >= 11 is 0. The van der Waals surface area contributed by atoms with Gasteiger partial charge >= 0.3 is 5.97 Å². The number of carbonyl (C=O) groups excluding carboxylic acids is 1. The van der Waals surface area contributed by atoms with Crippen LogP contribution in [0.1, 0.15) is 42.3 Å². The molecule has 1 fully saturated rings. The fraction of sp³-hybridized carbons (Fsp3) is 0.400. The van der Waals surface area contributed by atoms with Crippen molar-refractivity contribution in [3.05, 3.63) is 120 Å². The quantitative estimate of drug-likeness (QED) is 0.0934. The highest BCUT2D eigenvalue weighted by Gasteiger charge is 2.55. The molecule has 1 N–H and O–H groups in total. The third-order valence-electron chi connectivity index (χ3n) is 7.23. The van der Waals surface area contributed by atoms with Crippen molar-refractivity contribution in [1.82, 2.24) is 0 Å². The van der Waals surface area contributed by atoms with Crippen molar-refractivity contribution in [1.29, 1.82) is 0 Å². The van der Waals surface area contributed by atoms with Gasteiger partial charge in [-0.15, -0.1) is 0 Å². The lowest BCUT2D eigenvalue weighted by Gasteiger charge is -2.43. The summed E-state index contributed by atoms with van der Waals surface area (Å²) in [7, 11) is 0. The monoisotopic (exact) mass is 606 g/mol. The van der Waals surface area contributed by atoms with Crippen LogP contribution in [0.2, 0.25) is 0 Å². The van der Waals surface area contributed by atoms with Crippen molar-refractivity contribution < 1.29 is 43.1 Å². The van der Waals surface area contributed by atoms with E-state index < -0.39 is 35.7 Å². The Labute approximate surface area is 259 Å². The zero-order chi connectivity index (χ0) is 31.4. The Bertz CT molecular complexity index is 1300. The minimum Gasteiger partial charge on any atom is -0.452 e. The number of ether oxygens (including phenoxy) is 7. The Morgan fingerprint density at radius 3 is 1.98 bits per heavy atom. The first kappa shape index (κ1) is 33.5. The van der Waals surface area contributed by atoms with Crippen LogP contribution in [-0.4, -0.2) is 67.6 Å². The smallest absolute Gasteiger partial charge is 0.338 e. The van der Waals surface area contributed by atoms with Crippen LogP contribution in [0.5, 0.6) is 0 Å². The van der Waals surface area contributed by atoms with Gasteiger partial charge in [0, 0.05) is 0 Å². The second kappa shape index (κ2) is 16.1. The molecule has 44 heavy (non-hydrogen) atoms. The van der Waals surface area contributed by atoms with E-state index in [9.17, 15) is 9.90 Å². The molecule has 4 atom stereocenters. The Balaban J connectivity index is 1.54. The summed E-state index contributed by atoms with van der Waals surface area (Å²) in [5, 5.41) is 12.5. The molecule has 1 aliphatic rings. The first-order chi connectivity index (χ1) is 21.2. The van der Waals surface area contributed by atoms with Crippen LogP contribution in [-0.2, 0) is 46.4 Å². The highest BCUT2D eigenvalue weighted by atomic mass is 16.8. The SMILES string of the molecule is C=C(C)[C@](O)([C@H](OC(=O)c1ccccc1)[C@H]1COC(C)(C)O1)[C@@H](COCOCc1ccccc1)OCOCc1ccccc1. The lowest BCUT2D eigenvalue weighted by molar-refractivity contribution is -0.228. The summed E-state index contributed by atoms with van der Waals surface area (Å²) in [6.45, 7) is 9.52. The molecule has 0 saturated carbocycles. The Hall–Kier alpha value is -3.41. The topological polar surface area (TPSA) is 102 Å². The molecular weight excluding hydrogens is 564 g/mol. The molecule has 9 nitrogen and oxygen atoms in total. The van der Waals surface area contributed by atoms with Crippen molar-refractivity contribution in [2.75, 3.05) is 26.8 Å². The van der Waals surface area contributed by atoms with Crippen LogP contribution >= 0.6 is 0 Å². The summed E-state index contributed by atoms with van der Waals surface area (Å²) in [5.41, 5.74) is 0.564. The van der Waals surface area contributed by atoms with Gasteiger partial charge in [0.1, 0.15) is 25.8 Å². The minimum atomic E-state index is -1.98. The predicted molar refractivity (Wildman–Crippen MR) is 163 cm³/mol. The molecule has 1 aliphatic heterocycles. The van der Waals surface area contributed by atoms with Crippen molar-refractivity contribution in [2.24, 2.45) is 0 Å². The maximum absolute atomic E-state index is 13.3. The lowest BCUT2D eigenvalue weighted by Crippen LogP contribution is -2.61. The van der Waals surface area contributed by atoms with E-state index in [2.05, 4.69) is 6.58 Å². The molecular formula is C35H42O9. The minimum absolute atomic E-state index is 0.0631. The van der Waals surface area contributed by atoms with Crippen LogP contribution < -0.4 is 0 Å². The van der Waals surface area contributed by atoms with Gasteiger partial charge in [0.05, 0.1) is 32.0 Å². The number of rotatable bonds is 17. The average Bonchev–Trinajstić information content (AvgIpc) is 3.40. The van der Waals surface area contributed by atoms with Crippen LogP contribution in [0.4, 0.5) is 0 Å². The molecule has 1 heterocycles. The van der Waals surface area contributed by atoms with E-state index in [4.69, 9.17) is 33.2 Å². The molecule has 0 amide bonds. The van der Waals surface area contributed by atoms with E-state index in [1.165, 1.54) is 0 Å². The summed E-state index contributed by atoms with van der Waals surface area (Å²) in [6.07, 6.45) is -3.22. The highest BCUT2D eigenvalue weighted by Crippen LogP contribution is 2.37. The number of benzene rings is 3. The van der Waals surface area contributed by atoms with Gasteiger partial charge in [0.2, 0.25) is 0 Å². The first-order valence-corrected chi connectivity index (χ1v) is 14.6. The first-order valence-electron chi connectivity index (χ1n) is 14.6. The molecule has 0 aromatic heterocycles. The van der Waals surface area contributed by atoms with E-state index in [-0.39, 0.29) is 32.4 Å². The predicted octanol–water partition coefficient (Wildman–Crippen LogP) is 5.42. The van der Waals surface area contributed by atoms with Crippen LogP contribution in [0.15, 0.2) is 103 Å². The number of esters is 1.